The van der Waals surface area contributed by atoms with Gasteiger partial charge in [0.15, 0.2) is 6.61 Å². The van der Waals surface area contributed by atoms with Crippen LogP contribution in [0.3, 0.4) is 0 Å². The smallest absolute Gasteiger partial charge is 0.265 e. The van der Waals surface area contributed by atoms with Crippen molar-refractivity contribution in [3.8, 4) is 5.75 Å². The van der Waals surface area contributed by atoms with Crippen LogP contribution in [0.15, 0.2) is 48.5 Å². The van der Waals surface area contributed by atoms with Gasteiger partial charge in [-0.2, -0.15) is 0 Å². The summed E-state index contributed by atoms with van der Waals surface area (Å²) in [6.07, 6.45) is 0. The van der Waals surface area contributed by atoms with Gasteiger partial charge >= 0.3 is 0 Å². The Hall–Kier alpha value is -2.07. The minimum atomic E-state index is -0.520. The monoisotopic (exact) mass is 321 g/mol. The molecule has 0 unspecified atom stereocenters. The fourth-order valence-corrected chi connectivity index (χ4v) is 2.27. The molecule has 0 aliphatic rings. The molecule has 0 radical (unpaired) electrons. The summed E-state index contributed by atoms with van der Waals surface area (Å²) in [6.45, 7) is 3.72. The highest BCUT2D eigenvalue weighted by Crippen LogP contribution is 2.22. The van der Waals surface area contributed by atoms with Crippen molar-refractivity contribution in [3.63, 3.8) is 0 Å². The predicted molar refractivity (Wildman–Crippen MR) is 86.0 cm³/mol. The lowest BCUT2D eigenvalue weighted by atomic mass is 10.2. The van der Waals surface area contributed by atoms with Gasteiger partial charge in [-0.1, -0.05) is 29.8 Å². The van der Waals surface area contributed by atoms with Crippen molar-refractivity contribution < 1.29 is 13.9 Å². The third kappa shape index (κ3) is 3.98. The van der Waals surface area contributed by atoms with Crippen LogP contribution in [0.5, 0.6) is 5.75 Å². The van der Waals surface area contributed by atoms with Crippen molar-refractivity contribution in [2.24, 2.45) is 0 Å². The first-order chi connectivity index (χ1) is 10.5. The lowest BCUT2D eigenvalue weighted by Crippen LogP contribution is -2.40. The van der Waals surface area contributed by atoms with E-state index in [0.717, 1.165) is 5.69 Å². The van der Waals surface area contributed by atoms with Gasteiger partial charge in [-0.05, 0) is 38.1 Å². The maximum atomic E-state index is 13.1. The molecule has 0 aliphatic carbocycles. The summed E-state index contributed by atoms with van der Waals surface area (Å²) in [7, 11) is 0. The third-order valence-electron chi connectivity index (χ3n) is 3.07. The van der Waals surface area contributed by atoms with E-state index >= 15 is 0 Å². The highest BCUT2D eigenvalue weighted by molar-refractivity contribution is 6.30. The number of para-hydroxylation sites is 1. The topological polar surface area (TPSA) is 29.5 Å². The first-order valence-electron chi connectivity index (χ1n) is 6.94. The van der Waals surface area contributed by atoms with E-state index in [1.54, 1.807) is 4.90 Å². The fourth-order valence-electron chi connectivity index (χ4n) is 2.10. The molecule has 0 aromatic heterocycles. The van der Waals surface area contributed by atoms with Crippen molar-refractivity contribution in [2.75, 3.05) is 11.5 Å². The van der Waals surface area contributed by atoms with E-state index in [-0.39, 0.29) is 23.6 Å². The van der Waals surface area contributed by atoms with Crippen LogP contribution in [0.25, 0.3) is 0 Å². The number of carbonyl (C=O) groups excluding carboxylic acids is 1. The van der Waals surface area contributed by atoms with Crippen LogP contribution in [0.1, 0.15) is 13.8 Å². The molecule has 0 spiro atoms. The Kier molecular flexibility index (Phi) is 5.39. The van der Waals surface area contributed by atoms with E-state index in [2.05, 4.69) is 0 Å². The number of amides is 1. The molecule has 2 aromatic rings. The summed E-state index contributed by atoms with van der Waals surface area (Å²) in [4.78, 5) is 14.1. The molecule has 116 valence electrons. The highest BCUT2D eigenvalue weighted by Gasteiger charge is 2.19. The Morgan fingerprint density at radius 2 is 1.91 bits per heavy atom. The average Bonchev–Trinajstić information content (AvgIpc) is 2.49. The summed E-state index contributed by atoms with van der Waals surface area (Å²) >= 11 is 5.69. The van der Waals surface area contributed by atoms with Crippen molar-refractivity contribution in [3.05, 3.63) is 59.4 Å². The number of carbonyl (C=O) groups is 1. The zero-order valence-electron chi connectivity index (χ0n) is 12.4. The molecule has 0 heterocycles. The second-order valence-corrected chi connectivity index (χ2v) is 5.46. The molecule has 2 rings (SSSR count). The summed E-state index contributed by atoms with van der Waals surface area (Å²) in [5.74, 6) is -0.341. The standard InChI is InChI=1S/C17H17ClFNO2/c1-12(2)20(13-6-4-3-5-7-13)17(21)11-22-14-8-9-16(19)15(18)10-14/h3-10,12H,11H2,1-2H3. The summed E-state index contributed by atoms with van der Waals surface area (Å²) in [5, 5.41) is -0.0336. The Balaban J connectivity index is 2.07. The lowest BCUT2D eigenvalue weighted by Gasteiger charge is -2.26. The number of hydrogen-bond donors (Lipinski definition) is 0. The van der Waals surface area contributed by atoms with Gasteiger partial charge in [-0.25, -0.2) is 4.39 Å². The molecule has 0 fully saturated rings. The van der Waals surface area contributed by atoms with Crippen LogP contribution in [-0.4, -0.2) is 18.6 Å². The van der Waals surface area contributed by atoms with Gasteiger partial charge in [0.2, 0.25) is 0 Å². The number of hydrogen-bond acceptors (Lipinski definition) is 2. The zero-order chi connectivity index (χ0) is 16.1. The molecule has 0 saturated carbocycles. The molecule has 3 nitrogen and oxygen atoms in total. The fraction of sp³-hybridized carbons (Fsp3) is 0.235. The summed E-state index contributed by atoms with van der Waals surface area (Å²) in [5.41, 5.74) is 0.809. The van der Waals surface area contributed by atoms with E-state index in [0.29, 0.717) is 5.75 Å². The van der Waals surface area contributed by atoms with Crippen LogP contribution in [0.4, 0.5) is 10.1 Å². The van der Waals surface area contributed by atoms with Crippen LogP contribution >= 0.6 is 11.6 Å². The van der Waals surface area contributed by atoms with E-state index < -0.39 is 5.82 Å². The number of anilines is 1. The van der Waals surface area contributed by atoms with Gasteiger partial charge in [0.25, 0.3) is 5.91 Å². The average molecular weight is 322 g/mol. The Labute approximate surface area is 134 Å². The highest BCUT2D eigenvalue weighted by atomic mass is 35.5. The van der Waals surface area contributed by atoms with Gasteiger partial charge in [0.1, 0.15) is 11.6 Å². The molecule has 0 N–H and O–H groups in total. The van der Waals surface area contributed by atoms with Gasteiger partial charge in [-0.3, -0.25) is 4.79 Å². The van der Waals surface area contributed by atoms with E-state index in [1.807, 2.05) is 44.2 Å². The molecular formula is C17H17ClFNO2. The summed E-state index contributed by atoms with van der Waals surface area (Å²) in [6, 6.07) is 13.4. The zero-order valence-corrected chi connectivity index (χ0v) is 13.2. The first kappa shape index (κ1) is 16.3. The molecule has 2 aromatic carbocycles. The number of nitrogens with zero attached hydrogens (tertiary/aromatic N) is 1. The van der Waals surface area contributed by atoms with E-state index in [1.165, 1.54) is 18.2 Å². The number of ether oxygens (including phenoxy) is 1. The maximum absolute atomic E-state index is 13.1. The Morgan fingerprint density at radius 3 is 2.50 bits per heavy atom. The first-order valence-corrected chi connectivity index (χ1v) is 7.32. The van der Waals surface area contributed by atoms with Crippen molar-refractivity contribution in [1.29, 1.82) is 0 Å². The van der Waals surface area contributed by atoms with Gasteiger partial charge in [0, 0.05) is 17.8 Å². The molecule has 0 atom stereocenters. The van der Waals surface area contributed by atoms with E-state index in [4.69, 9.17) is 16.3 Å². The molecule has 5 heteroatoms. The minimum absolute atomic E-state index is 0.00435. The second kappa shape index (κ2) is 7.27. The minimum Gasteiger partial charge on any atom is -0.484 e. The van der Waals surface area contributed by atoms with Gasteiger partial charge < -0.3 is 9.64 Å². The van der Waals surface area contributed by atoms with Crippen molar-refractivity contribution in [1.82, 2.24) is 0 Å². The quantitative estimate of drug-likeness (QED) is 0.821. The predicted octanol–water partition coefficient (Wildman–Crippen LogP) is 4.30. The molecular weight excluding hydrogens is 305 g/mol. The Morgan fingerprint density at radius 1 is 1.23 bits per heavy atom. The maximum Gasteiger partial charge on any atom is 0.265 e. The van der Waals surface area contributed by atoms with Crippen LogP contribution < -0.4 is 9.64 Å². The van der Waals surface area contributed by atoms with Crippen molar-refractivity contribution >= 4 is 23.2 Å². The molecule has 0 aliphatic heterocycles. The van der Waals surface area contributed by atoms with Gasteiger partial charge in [-0.15, -0.1) is 0 Å². The lowest BCUT2D eigenvalue weighted by molar-refractivity contribution is -0.120. The SMILES string of the molecule is CC(C)N(C(=O)COc1ccc(F)c(Cl)c1)c1ccccc1. The second-order valence-electron chi connectivity index (χ2n) is 5.06. The van der Waals surface area contributed by atoms with Gasteiger partial charge in [0.05, 0.1) is 5.02 Å². The van der Waals surface area contributed by atoms with E-state index in [9.17, 15) is 9.18 Å². The number of rotatable bonds is 5. The molecule has 22 heavy (non-hydrogen) atoms. The van der Waals surface area contributed by atoms with Crippen LogP contribution in [-0.2, 0) is 4.79 Å². The normalized spacial score (nSPS) is 10.6. The van der Waals surface area contributed by atoms with Crippen LogP contribution in [0.2, 0.25) is 5.02 Å². The van der Waals surface area contributed by atoms with Crippen molar-refractivity contribution in [2.45, 2.75) is 19.9 Å². The number of halogens is 2. The number of benzene rings is 2. The molecule has 0 saturated heterocycles. The summed E-state index contributed by atoms with van der Waals surface area (Å²) < 4.78 is 18.5. The molecule has 1 amide bonds. The molecule has 0 bridgehead atoms. The largest absolute Gasteiger partial charge is 0.484 e. The van der Waals surface area contributed by atoms with Crippen LogP contribution in [0, 0.1) is 5.82 Å². The third-order valence-corrected chi connectivity index (χ3v) is 3.36. The Bertz CT molecular complexity index is 646.